The maximum absolute atomic E-state index is 12.0. The lowest BCUT2D eigenvalue weighted by molar-refractivity contribution is 0.0946. The number of halogens is 1. The van der Waals surface area contributed by atoms with Crippen LogP contribution in [-0.2, 0) is 13.1 Å². The molecule has 23 heavy (non-hydrogen) atoms. The second-order valence-corrected chi connectivity index (χ2v) is 6.50. The Labute approximate surface area is 141 Å². The van der Waals surface area contributed by atoms with Gasteiger partial charge >= 0.3 is 0 Å². The van der Waals surface area contributed by atoms with Crippen molar-refractivity contribution in [2.24, 2.45) is 0 Å². The molecule has 3 rings (SSSR count). The Morgan fingerprint density at radius 3 is 2.48 bits per heavy atom. The molecule has 1 aromatic heterocycles. The molecular formula is C18H22ClN3O. The summed E-state index contributed by atoms with van der Waals surface area (Å²) in [5.74, 6) is -0.144. The highest BCUT2D eigenvalue weighted by Crippen LogP contribution is 2.14. The minimum absolute atomic E-state index is 0.144. The van der Waals surface area contributed by atoms with Gasteiger partial charge in [0, 0.05) is 19.3 Å². The van der Waals surface area contributed by atoms with Gasteiger partial charge in [-0.15, -0.1) is 0 Å². The highest BCUT2D eigenvalue weighted by atomic mass is 35.5. The minimum atomic E-state index is -0.144. The first-order chi connectivity index (χ1) is 11.2. The largest absolute Gasteiger partial charge is 0.356 e. The predicted octanol–water partition coefficient (Wildman–Crippen LogP) is 3.58. The van der Waals surface area contributed by atoms with Crippen LogP contribution in [0.1, 0.15) is 40.9 Å². The molecule has 0 atom stereocenters. The molecule has 2 heterocycles. The number of nitrogens with one attached hydrogen (secondary N) is 2. The molecule has 122 valence electrons. The number of aromatic amines is 1. The van der Waals surface area contributed by atoms with Crippen LogP contribution in [0.15, 0.2) is 36.5 Å². The number of aromatic nitrogens is 1. The SMILES string of the molecule is O=C(NCc1ccc(CN2CCCCC2)cc1)c1cc(Cl)c[nH]1. The topological polar surface area (TPSA) is 48.1 Å². The molecule has 1 aromatic carbocycles. The Morgan fingerprint density at radius 2 is 1.83 bits per heavy atom. The third-order valence-corrected chi connectivity index (χ3v) is 4.44. The van der Waals surface area contributed by atoms with Gasteiger partial charge in [-0.2, -0.15) is 0 Å². The number of amides is 1. The predicted molar refractivity (Wildman–Crippen MR) is 92.5 cm³/mol. The summed E-state index contributed by atoms with van der Waals surface area (Å²) in [6.45, 7) is 3.94. The molecule has 0 aliphatic carbocycles. The van der Waals surface area contributed by atoms with Gasteiger partial charge in [0.1, 0.15) is 5.69 Å². The van der Waals surface area contributed by atoms with Crippen molar-refractivity contribution >= 4 is 17.5 Å². The van der Waals surface area contributed by atoms with Gasteiger partial charge in [0.15, 0.2) is 0 Å². The second kappa shape index (κ2) is 7.66. The smallest absolute Gasteiger partial charge is 0.268 e. The molecule has 2 N–H and O–H groups in total. The zero-order chi connectivity index (χ0) is 16.1. The van der Waals surface area contributed by atoms with Crippen LogP contribution in [0, 0.1) is 0 Å². The van der Waals surface area contributed by atoms with Crippen LogP contribution < -0.4 is 5.32 Å². The average molecular weight is 332 g/mol. The summed E-state index contributed by atoms with van der Waals surface area (Å²) < 4.78 is 0. The number of carbonyl (C=O) groups excluding carboxylic acids is 1. The first-order valence-corrected chi connectivity index (χ1v) is 8.51. The molecule has 0 bridgehead atoms. The summed E-state index contributed by atoms with van der Waals surface area (Å²) >= 11 is 5.80. The lowest BCUT2D eigenvalue weighted by atomic mass is 10.1. The van der Waals surface area contributed by atoms with Crippen LogP contribution in [0.2, 0.25) is 5.02 Å². The molecule has 2 aromatic rings. The number of hydrogen-bond donors (Lipinski definition) is 2. The van der Waals surface area contributed by atoms with Crippen LogP contribution in [0.5, 0.6) is 0 Å². The Balaban J connectivity index is 1.50. The Morgan fingerprint density at radius 1 is 1.13 bits per heavy atom. The van der Waals surface area contributed by atoms with E-state index in [9.17, 15) is 4.79 Å². The molecule has 0 spiro atoms. The van der Waals surface area contributed by atoms with E-state index in [1.807, 2.05) is 0 Å². The molecule has 4 nitrogen and oxygen atoms in total. The highest BCUT2D eigenvalue weighted by molar-refractivity contribution is 6.30. The molecule has 5 heteroatoms. The Bertz CT molecular complexity index is 645. The molecule has 0 unspecified atom stereocenters. The van der Waals surface area contributed by atoms with Crippen molar-refractivity contribution in [1.82, 2.24) is 15.2 Å². The van der Waals surface area contributed by atoms with Crippen molar-refractivity contribution in [1.29, 1.82) is 0 Å². The number of piperidine rings is 1. The summed E-state index contributed by atoms with van der Waals surface area (Å²) in [7, 11) is 0. The summed E-state index contributed by atoms with van der Waals surface area (Å²) in [4.78, 5) is 17.3. The van der Waals surface area contributed by atoms with Gasteiger partial charge < -0.3 is 10.3 Å². The molecule has 1 aliphatic rings. The third-order valence-electron chi connectivity index (χ3n) is 4.22. The highest BCUT2D eigenvalue weighted by Gasteiger charge is 2.10. The van der Waals surface area contributed by atoms with Crippen LogP contribution in [-0.4, -0.2) is 28.9 Å². The summed E-state index contributed by atoms with van der Waals surface area (Å²) in [6.07, 6.45) is 5.59. The van der Waals surface area contributed by atoms with Gasteiger partial charge in [-0.05, 0) is 43.1 Å². The molecule has 1 fully saturated rings. The van der Waals surface area contributed by atoms with Gasteiger partial charge in [0.2, 0.25) is 0 Å². The van der Waals surface area contributed by atoms with Crippen molar-refractivity contribution in [2.75, 3.05) is 13.1 Å². The molecule has 1 aliphatic heterocycles. The zero-order valence-corrected chi connectivity index (χ0v) is 13.9. The fourth-order valence-corrected chi connectivity index (χ4v) is 3.08. The van der Waals surface area contributed by atoms with E-state index in [1.165, 1.54) is 37.9 Å². The maximum atomic E-state index is 12.0. The number of carbonyl (C=O) groups is 1. The van der Waals surface area contributed by atoms with E-state index in [4.69, 9.17) is 11.6 Å². The Hall–Kier alpha value is -1.78. The zero-order valence-electron chi connectivity index (χ0n) is 13.1. The number of nitrogens with zero attached hydrogens (tertiary/aromatic N) is 1. The van der Waals surface area contributed by atoms with Crippen LogP contribution in [0.25, 0.3) is 0 Å². The van der Waals surface area contributed by atoms with E-state index in [-0.39, 0.29) is 5.91 Å². The van der Waals surface area contributed by atoms with E-state index < -0.39 is 0 Å². The fourth-order valence-electron chi connectivity index (χ4n) is 2.91. The van der Waals surface area contributed by atoms with Gasteiger partial charge in [-0.25, -0.2) is 0 Å². The normalized spacial score (nSPS) is 15.5. The number of H-pyrrole nitrogens is 1. The lowest BCUT2D eigenvalue weighted by Gasteiger charge is -2.26. The number of benzene rings is 1. The van der Waals surface area contributed by atoms with Crippen molar-refractivity contribution in [3.05, 3.63) is 58.4 Å². The van der Waals surface area contributed by atoms with Crippen molar-refractivity contribution in [2.45, 2.75) is 32.4 Å². The maximum Gasteiger partial charge on any atom is 0.268 e. The molecule has 1 amide bonds. The van der Waals surface area contributed by atoms with Gasteiger partial charge in [-0.1, -0.05) is 42.3 Å². The van der Waals surface area contributed by atoms with E-state index in [0.29, 0.717) is 17.3 Å². The van der Waals surface area contributed by atoms with Gasteiger partial charge in [0.25, 0.3) is 5.91 Å². The third kappa shape index (κ3) is 4.60. The van der Waals surface area contributed by atoms with Crippen molar-refractivity contribution in [3.63, 3.8) is 0 Å². The molecule has 1 saturated heterocycles. The van der Waals surface area contributed by atoms with Crippen molar-refractivity contribution < 1.29 is 4.79 Å². The Kier molecular flexibility index (Phi) is 5.36. The average Bonchev–Trinajstić information content (AvgIpc) is 3.01. The van der Waals surface area contributed by atoms with E-state index >= 15 is 0 Å². The number of hydrogen-bond acceptors (Lipinski definition) is 2. The van der Waals surface area contributed by atoms with E-state index in [1.54, 1.807) is 12.3 Å². The molecular weight excluding hydrogens is 310 g/mol. The van der Waals surface area contributed by atoms with Crippen LogP contribution in [0.3, 0.4) is 0 Å². The van der Waals surface area contributed by atoms with E-state index in [2.05, 4.69) is 39.5 Å². The standard InChI is InChI=1S/C18H22ClN3O/c19-16-10-17(20-12-16)18(23)21-11-14-4-6-15(7-5-14)13-22-8-2-1-3-9-22/h4-7,10,12,20H,1-3,8-9,11,13H2,(H,21,23). The second-order valence-electron chi connectivity index (χ2n) is 6.07. The van der Waals surface area contributed by atoms with Gasteiger partial charge in [-0.3, -0.25) is 9.69 Å². The number of likely N-dealkylation sites (tertiary alicyclic amines) is 1. The molecule has 0 saturated carbocycles. The summed E-state index contributed by atoms with van der Waals surface area (Å²) in [5.41, 5.74) is 2.91. The molecule has 0 radical (unpaired) electrons. The first-order valence-electron chi connectivity index (χ1n) is 8.13. The van der Waals surface area contributed by atoms with Gasteiger partial charge in [0.05, 0.1) is 5.02 Å². The number of rotatable bonds is 5. The summed E-state index contributed by atoms with van der Waals surface area (Å²) in [5, 5.41) is 3.43. The van der Waals surface area contributed by atoms with Crippen LogP contribution >= 0.6 is 11.6 Å². The monoisotopic (exact) mass is 331 g/mol. The lowest BCUT2D eigenvalue weighted by Crippen LogP contribution is -2.29. The van der Waals surface area contributed by atoms with Crippen molar-refractivity contribution in [3.8, 4) is 0 Å². The first kappa shape index (κ1) is 16.1. The van der Waals surface area contributed by atoms with Crippen LogP contribution in [0.4, 0.5) is 0 Å². The fraction of sp³-hybridized carbons (Fsp3) is 0.389. The quantitative estimate of drug-likeness (QED) is 0.879. The van der Waals surface area contributed by atoms with E-state index in [0.717, 1.165) is 12.1 Å². The summed E-state index contributed by atoms with van der Waals surface area (Å²) in [6, 6.07) is 10.1. The minimum Gasteiger partial charge on any atom is -0.356 e.